The molecule has 0 radical (unpaired) electrons. The van der Waals surface area contributed by atoms with E-state index in [1.54, 1.807) is 6.07 Å². The summed E-state index contributed by atoms with van der Waals surface area (Å²) in [5.41, 5.74) is -1.70. The largest absolute Gasteiger partial charge is 0.478 e. The van der Waals surface area contributed by atoms with Gasteiger partial charge in [-0.1, -0.05) is 0 Å². The number of carboxylic acids is 1. The van der Waals surface area contributed by atoms with E-state index in [0.717, 1.165) is 13.1 Å². The van der Waals surface area contributed by atoms with Crippen molar-refractivity contribution in [2.45, 2.75) is 0 Å². The molecule has 0 aliphatic heterocycles. The van der Waals surface area contributed by atoms with E-state index in [-0.39, 0.29) is 10.0 Å². The number of carbonyl (C=O) groups excluding carboxylic acids is 2. The van der Waals surface area contributed by atoms with Gasteiger partial charge in [0.1, 0.15) is 6.07 Å². The molecule has 1 aromatic carbocycles. The summed E-state index contributed by atoms with van der Waals surface area (Å²) in [7, 11) is 1.13. The molecule has 0 aliphatic rings. The van der Waals surface area contributed by atoms with Gasteiger partial charge in [0.15, 0.2) is 6.19 Å². The summed E-state index contributed by atoms with van der Waals surface area (Å²) in [6.07, 6.45) is 1.54. The molecule has 0 heterocycles. The van der Waals surface area contributed by atoms with E-state index in [1.807, 2.05) is 0 Å². The molecule has 0 bridgehead atoms. The first-order valence-corrected chi connectivity index (χ1v) is 6.97. The number of hydrogen-bond acceptors (Lipinski definition) is 5. The molecule has 0 atom stereocenters. The van der Waals surface area contributed by atoms with Gasteiger partial charge in [0.25, 0.3) is 11.8 Å². The monoisotopic (exact) mass is 428 g/mol. The van der Waals surface area contributed by atoms with Gasteiger partial charge in [-0.25, -0.2) is 9.69 Å². The molecule has 2 amide bonds. The quantitative estimate of drug-likeness (QED) is 0.425. The zero-order valence-corrected chi connectivity index (χ0v) is 14.0. The highest BCUT2D eigenvalue weighted by Crippen LogP contribution is 2.29. The number of carboxylic acid groups (broad SMARTS) is 1. The maximum atomic E-state index is 12.3. The molecule has 0 unspecified atom stereocenters. The summed E-state index contributed by atoms with van der Waals surface area (Å²) >= 11 is 5.71. The van der Waals surface area contributed by atoms with Crippen LogP contribution in [0, 0.1) is 22.8 Å². The first-order valence-electron chi connectivity index (χ1n) is 5.38. The second-order valence-corrected chi connectivity index (χ2v) is 5.09. The second-order valence-electron chi connectivity index (χ2n) is 3.84. The minimum atomic E-state index is -1.45. The molecule has 2 N–H and O–H groups in total. The average molecular weight is 430 g/mol. The number of nitriles is 2. The van der Waals surface area contributed by atoms with Gasteiger partial charge in [-0.15, -0.1) is 0 Å². The molecule has 0 aliphatic carbocycles. The predicted molar refractivity (Wildman–Crippen MR) is 79.9 cm³/mol. The molecule has 1 aromatic rings. The third kappa shape index (κ3) is 3.08. The van der Waals surface area contributed by atoms with Crippen molar-refractivity contribution >= 4 is 49.9 Å². The van der Waals surface area contributed by atoms with Gasteiger partial charge in [-0.05, 0) is 22.0 Å². The Morgan fingerprint density at radius 2 is 1.91 bits per heavy atom. The van der Waals surface area contributed by atoms with Crippen molar-refractivity contribution in [2.75, 3.05) is 7.05 Å². The fourth-order valence-electron chi connectivity index (χ4n) is 1.63. The normalized spacial score (nSPS) is 9.32. The Hall–Kier alpha value is -2.43. The minimum Gasteiger partial charge on any atom is -0.478 e. The molecule has 22 heavy (non-hydrogen) atoms. The van der Waals surface area contributed by atoms with Crippen molar-refractivity contribution < 1.29 is 19.5 Å². The lowest BCUT2D eigenvalue weighted by Gasteiger charge is -2.15. The summed E-state index contributed by atoms with van der Waals surface area (Å²) in [5.74, 6) is -3.21. The van der Waals surface area contributed by atoms with Gasteiger partial charge in [0.05, 0.1) is 22.3 Å². The van der Waals surface area contributed by atoms with Crippen molar-refractivity contribution in [1.29, 1.82) is 10.5 Å². The second kappa shape index (κ2) is 7.02. The summed E-state index contributed by atoms with van der Waals surface area (Å²) in [6.45, 7) is 0. The third-order valence-electron chi connectivity index (χ3n) is 2.60. The van der Waals surface area contributed by atoms with Crippen molar-refractivity contribution in [3.63, 3.8) is 0 Å². The topological polar surface area (TPSA) is 134 Å². The smallest absolute Gasteiger partial charge is 0.337 e. The fourth-order valence-corrected chi connectivity index (χ4v) is 2.44. The van der Waals surface area contributed by atoms with Crippen LogP contribution < -0.4 is 4.34 Å². The fraction of sp³-hybridized carbons (Fsp3) is 0.0833. The van der Waals surface area contributed by atoms with Crippen LogP contribution in [0.15, 0.2) is 10.5 Å². The van der Waals surface area contributed by atoms with Crippen LogP contribution in [0.5, 0.6) is 0 Å². The van der Waals surface area contributed by atoms with Crippen molar-refractivity contribution in [1.82, 2.24) is 9.24 Å². The number of rotatable bonds is 3. The highest BCUT2D eigenvalue weighted by atomic mass is 79.9. The molecule has 8 nitrogen and oxygen atoms in total. The van der Waals surface area contributed by atoms with E-state index in [0.29, 0.717) is 4.90 Å². The maximum absolute atomic E-state index is 12.3. The molecule has 0 fully saturated rings. The van der Waals surface area contributed by atoms with E-state index in [2.05, 4.69) is 36.4 Å². The van der Waals surface area contributed by atoms with E-state index < -0.39 is 34.5 Å². The van der Waals surface area contributed by atoms with E-state index in [4.69, 9.17) is 10.4 Å². The zero-order chi connectivity index (χ0) is 17.0. The van der Waals surface area contributed by atoms with Crippen LogP contribution in [0.3, 0.4) is 0 Å². The van der Waals surface area contributed by atoms with Gasteiger partial charge < -0.3 is 5.11 Å². The molecule has 0 saturated heterocycles. The molecular weight excluding hydrogens is 424 g/mol. The van der Waals surface area contributed by atoms with Crippen molar-refractivity contribution in [3.05, 3.63) is 32.8 Å². The molecule has 1 rings (SSSR count). The average Bonchev–Trinajstić information content (AvgIpc) is 2.51. The van der Waals surface area contributed by atoms with Crippen LogP contribution in [-0.2, 0) is 0 Å². The van der Waals surface area contributed by atoms with Crippen LogP contribution >= 0.6 is 32.1 Å². The first kappa shape index (κ1) is 17.6. The lowest BCUT2D eigenvalue weighted by molar-refractivity contribution is 0.0695. The van der Waals surface area contributed by atoms with Gasteiger partial charge in [0.2, 0.25) is 0 Å². The number of hydrogen-bond donors (Lipinski definition) is 2. The summed E-state index contributed by atoms with van der Waals surface area (Å²) in [5, 5.41) is 27.1. The van der Waals surface area contributed by atoms with E-state index >= 15 is 0 Å². The Bertz CT molecular complexity index is 764. The molecule has 0 saturated carbocycles. The molecular formula is C12H6Br2N4O4. The van der Waals surface area contributed by atoms with Crippen LogP contribution in [0.2, 0.25) is 0 Å². The summed E-state index contributed by atoms with van der Waals surface area (Å²) in [6, 6.07) is 2.64. The Kier molecular flexibility index (Phi) is 5.63. The number of halogens is 2. The van der Waals surface area contributed by atoms with Crippen molar-refractivity contribution in [2.24, 2.45) is 0 Å². The molecule has 0 spiro atoms. The number of carbonyl (C=O) groups is 3. The number of aromatic carboxylic acids is 1. The van der Waals surface area contributed by atoms with Gasteiger partial charge >= 0.3 is 5.97 Å². The highest BCUT2D eigenvalue weighted by Gasteiger charge is 2.30. The molecule has 112 valence electrons. The minimum absolute atomic E-state index is 0.00413. The van der Waals surface area contributed by atoms with Crippen LogP contribution in [0.1, 0.15) is 36.6 Å². The van der Waals surface area contributed by atoms with Crippen molar-refractivity contribution in [3.8, 4) is 12.3 Å². The first-order chi connectivity index (χ1) is 10.3. The van der Waals surface area contributed by atoms with Gasteiger partial charge in [-0.2, -0.15) is 10.5 Å². The van der Waals surface area contributed by atoms with Crippen LogP contribution in [0.4, 0.5) is 0 Å². The SMILES string of the molecule is CN(C#N)C(=O)c1c(C#N)c(C(=O)O)cc(Br)c1C(=O)NBr. The Labute approximate surface area is 141 Å². The van der Waals surface area contributed by atoms with Crippen LogP contribution in [-0.4, -0.2) is 34.8 Å². The lowest BCUT2D eigenvalue weighted by atomic mass is 9.95. The lowest BCUT2D eigenvalue weighted by Crippen LogP contribution is -2.28. The number of amides is 2. The predicted octanol–water partition coefficient (Wildman–Crippen LogP) is 1.61. The standard InChI is InChI=1S/C12H6Br2N4O4/c1-18(4-16)11(20)8-6(3-15)5(12(21)22)2-7(13)9(8)10(19)17-14/h2H,1H3,(H,17,19)(H,21,22). The third-order valence-corrected chi connectivity index (χ3v) is 3.59. The Balaban J connectivity index is 3.93. The zero-order valence-electron chi connectivity index (χ0n) is 10.8. The summed E-state index contributed by atoms with van der Waals surface area (Å²) in [4.78, 5) is 36.0. The number of nitrogens with zero attached hydrogens (tertiary/aromatic N) is 3. The number of nitrogens with one attached hydrogen (secondary N) is 1. The Morgan fingerprint density at radius 1 is 1.32 bits per heavy atom. The van der Waals surface area contributed by atoms with E-state index in [9.17, 15) is 19.6 Å². The maximum Gasteiger partial charge on any atom is 0.337 e. The molecule has 0 aromatic heterocycles. The highest BCUT2D eigenvalue weighted by molar-refractivity contribution is 9.10. The van der Waals surface area contributed by atoms with Crippen LogP contribution in [0.25, 0.3) is 0 Å². The number of benzene rings is 1. The van der Waals surface area contributed by atoms with Gasteiger partial charge in [0, 0.05) is 27.7 Å². The Morgan fingerprint density at radius 3 is 2.32 bits per heavy atom. The van der Waals surface area contributed by atoms with E-state index in [1.165, 1.54) is 6.19 Å². The summed E-state index contributed by atoms with van der Waals surface area (Å²) < 4.78 is 2.10. The van der Waals surface area contributed by atoms with Gasteiger partial charge in [-0.3, -0.25) is 13.9 Å². The molecule has 10 heteroatoms.